The van der Waals surface area contributed by atoms with Gasteiger partial charge in [0.1, 0.15) is 0 Å². The quantitative estimate of drug-likeness (QED) is 0.725. The van der Waals surface area contributed by atoms with Gasteiger partial charge in [-0.05, 0) is 23.8 Å². The molecule has 0 spiro atoms. The zero-order valence-electron chi connectivity index (χ0n) is 15.9. The second-order valence-corrected chi connectivity index (χ2v) is 8.50. The molecule has 1 heterocycles. The first-order valence-corrected chi connectivity index (χ1v) is 10.7. The van der Waals surface area contributed by atoms with Crippen molar-refractivity contribution in [3.63, 3.8) is 0 Å². The third-order valence-corrected chi connectivity index (χ3v) is 6.53. The van der Waals surface area contributed by atoms with Gasteiger partial charge < -0.3 is 10.2 Å². The average Bonchev–Trinajstić information content (AvgIpc) is 2.77. The van der Waals surface area contributed by atoms with E-state index >= 15 is 0 Å². The fourth-order valence-electron chi connectivity index (χ4n) is 2.99. The maximum absolute atomic E-state index is 12.6. The van der Waals surface area contributed by atoms with Crippen LogP contribution in [-0.2, 0) is 19.6 Å². The number of rotatable bonds is 6. The summed E-state index contributed by atoms with van der Waals surface area (Å²) in [7, 11) is -3.55. The molecule has 8 heteroatoms. The molecule has 0 unspecified atom stereocenters. The Labute approximate surface area is 170 Å². The van der Waals surface area contributed by atoms with Crippen LogP contribution < -0.4 is 5.32 Å². The van der Waals surface area contributed by atoms with Gasteiger partial charge in [0.25, 0.3) is 0 Å². The van der Waals surface area contributed by atoms with Crippen molar-refractivity contribution in [3.8, 4) is 0 Å². The number of nitrogens with zero attached hydrogens (tertiary/aromatic N) is 2. The molecule has 29 heavy (non-hydrogen) atoms. The average molecular weight is 413 g/mol. The summed E-state index contributed by atoms with van der Waals surface area (Å²) in [6.45, 7) is 0.917. The first-order chi connectivity index (χ1) is 14.0. The number of carbonyl (C=O) groups excluding carboxylic acids is 2. The van der Waals surface area contributed by atoms with E-state index in [4.69, 9.17) is 0 Å². The Morgan fingerprint density at radius 2 is 1.48 bits per heavy atom. The van der Waals surface area contributed by atoms with E-state index in [-0.39, 0.29) is 36.3 Å². The van der Waals surface area contributed by atoms with E-state index in [0.717, 1.165) is 5.56 Å². The van der Waals surface area contributed by atoms with Crippen LogP contribution in [0.5, 0.6) is 0 Å². The molecule has 1 aliphatic rings. The van der Waals surface area contributed by atoms with E-state index in [0.29, 0.717) is 13.1 Å². The summed E-state index contributed by atoms with van der Waals surface area (Å²) in [5.41, 5.74) is 0.893. The van der Waals surface area contributed by atoms with Crippen LogP contribution in [0.3, 0.4) is 0 Å². The van der Waals surface area contributed by atoms with Gasteiger partial charge in [0.2, 0.25) is 21.8 Å². The Morgan fingerprint density at radius 3 is 2.10 bits per heavy atom. The molecule has 2 aromatic carbocycles. The van der Waals surface area contributed by atoms with Crippen LogP contribution in [0.1, 0.15) is 5.56 Å². The molecule has 152 valence electrons. The van der Waals surface area contributed by atoms with Crippen molar-refractivity contribution in [1.82, 2.24) is 14.5 Å². The number of hydrogen-bond donors (Lipinski definition) is 1. The molecule has 0 radical (unpaired) electrons. The van der Waals surface area contributed by atoms with E-state index in [1.165, 1.54) is 10.4 Å². The second-order valence-electron chi connectivity index (χ2n) is 6.56. The highest BCUT2D eigenvalue weighted by Crippen LogP contribution is 2.17. The van der Waals surface area contributed by atoms with Gasteiger partial charge in [-0.25, -0.2) is 8.42 Å². The van der Waals surface area contributed by atoms with Crippen molar-refractivity contribution in [2.75, 3.05) is 32.7 Å². The number of sulfonamides is 1. The third-order valence-electron chi connectivity index (χ3n) is 4.61. The molecule has 2 amide bonds. The predicted octanol–water partition coefficient (Wildman–Crippen LogP) is 1.35. The maximum atomic E-state index is 12.6. The van der Waals surface area contributed by atoms with Gasteiger partial charge in [0, 0.05) is 32.3 Å². The van der Waals surface area contributed by atoms with Crippen LogP contribution in [0, 0.1) is 0 Å². The SMILES string of the molecule is O=C(/C=C/c1ccccc1)NCC(=O)N1CCN(S(=O)(=O)c2ccccc2)CC1. The summed E-state index contributed by atoms with van der Waals surface area (Å²) in [6.07, 6.45) is 3.06. The van der Waals surface area contributed by atoms with Crippen LogP contribution >= 0.6 is 0 Å². The van der Waals surface area contributed by atoms with Crippen molar-refractivity contribution in [3.05, 3.63) is 72.3 Å². The Morgan fingerprint density at radius 1 is 0.897 bits per heavy atom. The van der Waals surface area contributed by atoms with Gasteiger partial charge in [0.05, 0.1) is 11.4 Å². The number of hydrogen-bond acceptors (Lipinski definition) is 4. The lowest BCUT2D eigenvalue weighted by molar-refractivity contribution is -0.133. The Balaban J connectivity index is 1.46. The third kappa shape index (κ3) is 5.52. The lowest BCUT2D eigenvalue weighted by Gasteiger charge is -2.34. The standard InChI is InChI=1S/C21H23N3O4S/c25-20(12-11-18-7-3-1-4-8-18)22-17-21(26)23-13-15-24(16-14-23)29(27,28)19-9-5-2-6-10-19/h1-12H,13-17H2,(H,22,25)/b12-11+. The molecular formula is C21H23N3O4S. The Hall–Kier alpha value is -2.97. The van der Waals surface area contributed by atoms with Crippen LogP contribution in [-0.4, -0.2) is 62.2 Å². The van der Waals surface area contributed by atoms with Crippen molar-refractivity contribution >= 4 is 27.9 Å². The smallest absolute Gasteiger partial charge is 0.244 e. The lowest BCUT2D eigenvalue weighted by Crippen LogP contribution is -2.52. The van der Waals surface area contributed by atoms with Gasteiger partial charge in [-0.1, -0.05) is 48.5 Å². The van der Waals surface area contributed by atoms with Crippen molar-refractivity contribution in [2.45, 2.75) is 4.90 Å². The van der Waals surface area contributed by atoms with E-state index < -0.39 is 10.0 Å². The summed E-state index contributed by atoms with van der Waals surface area (Å²) in [5.74, 6) is -0.587. The highest BCUT2D eigenvalue weighted by Gasteiger charge is 2.29. The van der Waals surface area contributed by atoms with E-state index in [1.807, 2.05) is 30.3 Å². The minimum atomic E-state index is -3.55. The zero-order valence-corrected chi connectivity index (χ0v) is 16.7. The molecule has 0 saturated carbocycles. The van der Waals surface area contributed by atoms with Gasteiger partial charge in [-0.3, -0.25) is 9.59 Å². The molecule has 1 fully saturated rings. The number of amides is 2. The van der Waals surface area contributed by atoms with Crippen molar-refractivity contribution in [1.29, 1.82) is 0 Å². The maximum Gasteiger partial charge on any atom is 0.244 e. The largest absolute Gasteiger partial charge is 0.343 e. The van der Waals surface area contributed by atoms with Gasteiger partial charge >= 0.3 is 0 Å². The summed E-state index contributed by atoms with van der Waals surface area (Å²) in [5, 5.41) is 2.57. The first-order valence-electron chi connectivity index (χ1n) is 9.31. The number of piperazine rings is 1. The fourth-order valence-corrected chi connectivity index (χ4v) is 4.43. The topological polar surface area (TPSA) is 86.8 Å². The van der Waals surface area contributed by atoms with E-state index in [2.05, 4.69) is 5.32 Å². The minimum Gasteiger partial charge on any atom is -0.343 e. The molecule has 0 aromatic heterocycles. The van der Waals surface area contributed by atoms with Gasteiger partial charge in [-0.2, -0.15) is 4.31 Å². The highest BCUT2D eigenvalue weighted by molar-refractivity contribution is 7.89. The summed E-state index contributed by atoms with van der Waals surface area (Å²) in [4.78, 5) is 26.0. The summed E-state index contributed by atoms with van der Waals surface area (Å²) in [6, 6.07) is 17.6. The fraction of sp³-hybridized carbons (Fsp3) is 0.238. The molecular weight excluding hydrogens is 390 g/mol. The van der Waals surface area contributed by atoms with Crippen LogP contribution in [0.15, 0.2) is 71.6 Å². The number of nitrogens with one attached hydrogen (secondary N) is 1. The van der Waals surface area contributed by atoms with Crippen LogP contribution in [0.2, 0.25) is 0 Å². The zero-order chi connectivity index (χ0) is 20.7. The molecule has 1 aliphatic heterocycles. The molecule has 0 bridgehead atoms. The normalized spacial score (nSPS) is 15.4. The van der Waals surface area contributed by atoms with E-state index in [9.17, 15) is 18.0 Å². The van der Waals surface area contributed by atoms with Crippen molar-refractivity contribution in [2.24, 2.45) is 0 Å². The molecule has 3 rings (SSSR count). The monoisotopic (exact) mass is 413 g/mol. The number of benzene rings is 2. The molecule has 1 N–H and O–H groups in total. The Bertz CT molecular complexity index is 968. The van der Waals surface area contributed by atoms with Gasteiger partial charge in [-0.15, -0.1) is 0 Å². The van der Waals surface area contributed by atoms with Crippen molar-refractivity contribution < 1.29 is 18.0 Å². The second kappa shape index (κ2) is 9.49. The predicted molar refractivity (Wildman–Crippen MR) is 110 cm³/mol. The highest BCUT2D eigenvalue weighted by atomic mass is 32.2. The molecule has 2 aromatic rings. The van der Waals surface area contributed by atoms with Crippen LogP contribution in [0.4, 0.5) is 0 Å². The molecule has 0 aliphatic carbocycles. The summed E-state index contributed by atoms with van der Waals surface area (Å²) < 4.78 is 26.6. The van der Waals surface area contributed by atoms with Gasteiger partial charge in [0.15, 0.2) is 0 Å². The molecule has 1 saturated heterocycles. The van der Waals surface area contributed by atoms with E-state index in [1.54, 1.807) is 41.3 Å². The summed E-state index contributed by atoms with van der Waals surface area (Å²) >= 11 is 0. The number of carbonyl (C=O) groups is 2. The molecule has 7 nitrogen and oxygen atoms in total. The lowest BCUT2D eigenvalue weighted by atomic mass is 10.2. The molecule has 0 atom stereocenters. The first kappa shape index (κ1) is 20.8. The van der Waals surface area contributed by atoms with Crippen LogP contribution in [0.25, 0.3) is 6.08 Å². The Kier molecular flexibility index (Phi) is 6.79. The minimum absolute atomic E-state index is 0.122.